The highest BCUT2D eigenvalue weighted by atomic mass is 16.5. The van der Waals surface area contributed by atoms with Crippen molar-refractivity contribution in [2.75, 3.05) is 5.73 Å². The second kappa shape index (κ2) is 5.86. The predicted molar refractivity (Wildman–Crippen MR) is 72.7 cm³/mol. The van der Waals surface area contributed by atoms with E-state index >= 15 is 0 Å². The molecule has 0 fully saturated rings. The molecule has 0 spiro atoms. The van der Waals surface area contributed by atoms with E-state index in [4.69, 9.17) is 16.2 Å². The number of aryl methyl sites for hydroxylation is 1. The number of anilines is 1. The lowest BCUT2D eigenvalue weighted by Gasteiger charge is -2.10. The Hall–Kier alpha value is -2.56. The molecule has 1 aromatic carbocycles. The van der Waals surface area contributed by atoms with Crippen LogP contribution in [-0.4, -0.2) is 10.9 Å². The Kier molecular flexibility index (Phi) is 3.97. The van der Waals surface area contributed by atoms with Gasteiger partial charge in [-0.3, -0.25) is 9.78 Å². The highest BCUT2D eigenvalue weighted by molar-refractivity contribution is 5.74. The van der Waals surface area contributed by atoms with Crippen LogP contribution in [0.2, 0.25) is 0 Å². The second-order valence-electron chi connectivity index (χ2n) is 4.12. The van der Waals surface area contributed by atoms with Crippen molar-refractivity contribution in [2.24, 2.45) is 5.73 Å². The summed E-state index contributed by atoms with van der Waals surface area (Å²) in [6, 6.07) is 8.85. The van der Waals surface area contributed by atoms with Crippen LogP contribution in [0.3, 0.4) is 0 Å². The van der Waals surface area contributed by atoms with Crippen molar-refractivity contribution in [2.45, 2.75) is 12.8 Å². The zero-order valence-corrected chi connectivity index (χ0v) is 10.4. The van der Waals surface area contributed by atoms with E-state index in [-0.39, 0.29) is 12.3 Å². The monoisotopic (exact) mass is 257 g/mol. The fourth-order valence-electron chi connectivity index (χ4n) is 1.62. The SMILES string of the molecule is NC(=O)CCc1cnccc1Oc1ccc(N)cc1. The number of rotatable bonds is 5. The standard InChI is InChI=1S/C14H15N3O2/c15-11-2-4-12(5-3-11)19-13-7-8-17-9-10(13)1-6-14(16)18/h2-5,7-9H,1,6,15H2,(H2,16,18). The predicted octanol–water partition coefficient (Wildman–Crippen LogP) is 1.87. The number of amides is 1. The van der Waals surface area contributed by atoms with Crippen molar-refractivity contribution < 1.29 is 9.53 Å². The minimum absolute atomic E-state index is 0.268. The summed E-state index contributed by atoms with van der Waals surface area (Å²) in [6.45, 7) is 0. The number of nitrogens with two attached hydrogens (primary N) is 2. The van der Waals surface area contributed by atoms with Gasteiger partial charge in [0.05, 0.1) is 0 Å². The molecule has 1 heterocycles. The van der Waals surface area contributed by atoms with E-state index in [2.05, 4.69) is 4.98 Å². The number of benzene rings is 1. The maximum absolute atomic E-state index is 10.8. The van der Waals surface area contributed by atoms with Crippen LogP contribution in [0, 0.1) is 0 Å². The number of pyridine rings is 1. The lowest BCUT2D eigenvalue weighted by Crippen LogP contribution is -2.11. The number of carbonyl (C=O) groups is 1. The van der Waals surface area contributed by atoms with Crippen molar-refractivity contribution in [1.82, 2.24) is 4.98 Å². The Morgan fingerprint density at radius 1 is 1.21 bits per heavy atom. The van der Waals surface area contributed by atoms with Gasteiger partial charge in [-0.1, -0.05) is 0 Å². The van der Waals surface area contributed by atoms with Gasteiger partial charge in [-0.05, 0) is 36.8 Å². The molecule has 0 radical (unpaired) electrons. The van der Waals surface area contributed by atoms with Crippen LogP contribution in [0.1, 0.15) is 12.0 Å². The van der Waals surface area contributed by atoms with Gasteiger partial charge in [0.25, 0.3) is 0 Å². The summed E-state index contributed by atoms with van der Waals surface area (Å²) in [5.41, 5.74) is 12.3. The molecule has 2 rings (SSSR count). The van der Waals surface area contributed by atoms with Crippen molar-refractivity contribution in [3.63, 3.8) is 0 Å². The molecule has 0 unspecified atom stereocenters. The zero-order valence-electron chi connectivity index (χ0n) is 10.4. The average molecular weight is 257 g/mol. The molecule has 0 saturated heterocycles. The van der Waals surface area contributed by atoms with Gasteiger partial charge in [-0.2, -0.15) is 0 Å². The maximum Gasteiger partial charge on any atom is 0.217 e. The van der Waals surface area contributed by atoms with Crippen LogP contribution in [0.5, 0.6) is 11.5 Å². The van der Waals surface area contributed by atoms with E-state index in [1.807, 2.05) is 0 Å². The molecule has 0 bridgehead atoms. The molecule has 0 aliphatic rings. The average Bonchev–Trinajstić information content (AvgIpc) is 2.40. The molecule has 0 aliphatic heterocycles. The van der Waals surface area contributed by atoms with E-state index in [9.17, 15) is 4.79 Å². The third-order valence-electron chi connectivity index (χ3n) is 2.61. The summed E-state index contributed by atoms with van der Waals surface area (Å²) in [7, 11) is 0. The Bertz CT molecular complexity index is 567. The second-order valence-corrected chi connectivity index (χ2v) is 4.12. The van der Waals surface area contributed by atoms with Gasteiger partial charge in [-0.15, -0.1) is 0 Å². The maximum atomic E-state index is 10.8. The Labute approximate surface area is 111 Å². The molecule has 0 saturated carbocycles. The van der Waals surface area contributed by atoms with E-state index in [1.54, 1.807) is 42.7 Å². The smallest absolute Gasteiger partial charge is 0.217 e. The first-order valence-electron chi connectivity index (χ1n) is 5.90. The summed E-state index contributed by atoms with van der Waals surface area (Å²) in [6.07, 6.45) is 4.09. The molecular formula is C14H15N3O2. The van der Waals surface area contributed by atoms with Crippen LogP contribution < -0.4 is 16.2 Å². The normalized spacial score (nSPS) is 10.1. The molecule has 19 heavy (non-hydrogen) atoms. The first kappa shape index (κ1) is 12.9. The van der Waals surface area contributed by atoms with Gasteiger partial charge in [0, 0.05) is 30.1 Å². The number of hydrogen-bond acceptors (Lipinski definition) is 4. The Morgan fingerprint density at radius 2 is 1.95 bits per heavy atom. The first-order chi connectivity index (χ1) is 9.15. The lowest BCUT2D eigenvalue weighted by molar-refractivity contribution is -0.117. The van der Waals surface area contributed by atoms with Gasteiger partial charge in [-0.25, -0.2) is 0 Å². The molecule has 5 nitrogen and oxygen atoms in total. The molecule has 0 atom stereocenters. The molecule has 98 valence electrons. The quantitative estimate of drug-likeness (QED) is 0.800. The first-order valence-corrected chi connectivity index (χ1v) is 5.90. The van der Waals surface area contributed by atoms with E-state index in [0.717, 1.165) is 5.56 Å². The molecule has 5 heteroatoms. The van der Waals surface area contributed by atoms with Gasteiger partial charge in [0.15, 0.2) is 0 Å². The van der Waals surface area contributed by atoms with Crippen LogP contribution in [-0.2, 0) is 11.2 Å². The van der Waals surface area contributed by atoms with Crippen molar-refractivity contribution in [1.29, 1.82) is 0 Å². The van der Waals surface area contributed by atoms with Crippen molar-refractivity contribution >= 4 is 11.6 Å². The molecule has 1 aromatic heterocycles. The van der Waals surface area contributed by atoms with Crippen LogP contribution >= 0.6 is 0 Å². The summed E-state index contributed by atoms with van der Waals surface area (Å²) < 4.78 is 5.75. The molecule has 0 aliphatic carbocycles. The van der Waals surface area contributed by atoms with E-state index in [0.29, 0.717) is 23.6 Å². The van der Waals surface area contributed by atoms with E-state index < -0.39 is 0 Å². The van der Waals surface area contributed by atoms with Gasteiger partial charge in [0.1, 0.15) is 11.5 Å². The fraction of sp³-hybridized carbons (Fsp3) is 0.143. The number of hydrogen-bond donors (Lipinski definition) is 2. The number of nitrogens with zero attached hydrogens (tertiary/aromatic N) is 1. The highest BCUT2D eigenvalue weighted by Gasteiger charge is 2.06. The zero-order chi connectivity index (χ0) is 13.7. The summed E-state index contributed by atoms with van der Waals surface area (Å²) in [4.78, 5) is 14.9. The van der Waals surface area contributed by atoms with Gasteiger partial charge < -0.3 is 16.2 Å². The number of aromatic nitrogens is 1. The van der Waals surface area contributed by atoms with Gasteiger partial charge >= 0.3 is 0 Å². The molecule has 4 N–H and O–H groups in total. The third kappa shape index (κ3) is 3.70. The number of ether oxygens (including phenoxy) is 1. The van der Waals surface area contributed by atoms with Crippen molar-refractivity contribution in [3.8, 4) is 11.5 Å². The molecule has 2 aromatic rings. The van der Waals surface area contributed by atoms with Crippen molar-refractivity contribution in [3.05, 3.63) is 48.3 Å². The number of nitrogen functional groups attached to an aromatic ring is 1. The number of carbonyl (C=O) groups excluding carboxylic acids is 1. The largest absolute Gasteiger partial charge is 0.457 e. The molecule has 1 amide bonds. The summed E-state index contributed by atoms with van der Waals surface area (Å²) >= 11 is 0. The number of primary amides is 1. The van der Waals surface area contributed by atoms with Crippen LogP contribution in [0.25, 0.3) is 0 Å². The van der Waals surface area contributed by atoms with E-state index in [1.165, 1.54) is 0 Å². The Balaban J connectivity index is 2.15. The fourth-order valence-corrected chi connectivity index (χ4v) is 1.62. The Morgan fingerprint density at radius 3 is 2.63 bits per heavy atom. The van der Waals surface area contributed by atoms with Crippen LogP contribution in [0.4, 0.5) is 5.69 Å². The lowest BCUT2D eigenvalue weighted by atomic mass is 10.1. The minimum atomic E-state index is -0.345. The highest BCUT2D eigenvalue weighted by Crippen LogP contribution is 2.25. The third-order valence-corrected chi connectivity index (χ3v) is 2.61. The minimum Gasteiger partial charge on any atom is -0.457 e. The summed E-state index contributed by atoms with van der Waals surface area (Å²) in [5.74, 6) is 1.00. The molecular weight excluding hydrogens is 242 g/mol. The summed E-state index contributed by atoms with van der Waals surface area (Å²) in [5, 5.41) is 0. The topological polar surface area (TPSA) is 91.2 Å². The van der Waals surface area contributed by atoms with Crippen LogP contribution in [0.15, 0.2) is 42.7 Å². The van der Waals surface area contributed by atoms with Gasteiger partial charge in [0.2, 0.25) is 5.91 Å².